The number of rotatable bonds is 8. The third kappa shape index (κ3) is 5.42. The van der Waals surface area contributed by atoms with Gasteiger partial charge in [-0.2, -0.15) is 0 Å². The van der Waals surface area contributed by atoms with Crippen LogP contribution in [0.3, 0.4) is 0 Å². The van der Waals surface area contributed by atoms with Crippen LogP contribution >= 0.6 is 20.1 Å². The van der Waals surface area contributed by atoms with E-state index in [4.69, 9.17) is 25.8 Å². The molecule has 0 heterocycles. The number of carbonyl (C=O) groups excluding carboxylic acids is 1. The Morgan fingerprint density at radius 3 is 2.27 bits per heavy atom. The van der Waals surface area contributed by atoms with Gasteiger partial charge in [0.15, 0.2) is 8.46 Å². The van der Waals surface area contributed by atoms with E-state index in [9.17, 15) is 9.36 Å². The van der Waals surface area contributed by atoms with Gasteiger partial charge in [-0.05, 0) is 25.4 Å². The number of esters is 1. The van der Waals surface area contributed by atoms with Gasteiger partial charge in [-0.1, -0.05) is 0 Å². The van der Waals surface area contributed by atoms with Crippen molar-refractivity contribution in [1.29, 1.82) is 0 Å². The molecule has 5 nitrogen and oxygen atoms in total. The maximum absolute atomic E-state index is 11.4. The van der Waals surface area contributed by atoms with E-state index in [1.165, 1.54) is 0 Å². The summed E-state index contributed by atoms with van der Waals surface area (Å²) in [5.41, 5.74) is 0. The number of hydrogen-bond donors (Lipinski definition) is 0. The highest BCUT2D eigenvalue weighted by Crippen LogP contribution is 2.21. The molecule has 0 fully saturated rings. The van der Waals surface area contributed by atoms with Crippen LogP contribution in [0.5, 0.6) is 0 Å². The second kappa shape index (κ2) is 7.99. The fourth-order valence-electron chi connectivity index (χ4n) is 0.793. The summed E-state index contributed by atoms with van der Waals surface area (Å²) in [6.07, 6.45) is 0.219. The monoisotopic (exact) mass is 256 g/mol. The van der Waals surface area contributed by atoms with Gasteiger partial charge in [-0.15, -0.1) is 0 Å². The summed E-state index contributed by atoms with van der Waals surface area (Å²) >= 11 is 5.77. The lowest BCUT2D eigenvalue weighted by Gasteiger charge is -2.23. The summed E-state index contributed by atoms with van der Waals surface area (Å²) in [6, 6.07) is 0. The van der Waals surface area contributed by atoms with Crippen molar-refractivity contribution in [1.82, 2.24) is 0 Å². The lowest BCUT2D eigenvalue weighted by atomic mass is 10.6. The molecule has 0 radical (unpaired) electrons. The maximum atomic E-state index is 11.4. The Labute approximate surface area is 95.2 Å². The first-order valence-corrected chi connectivity index (χ1v) is 5.91. The predicted molar refractivity (Wildman–Crippen MR) is 55.3 cm³/mol. The average Bonchev–Trinajstić information content (AvgIpc) is 2.18. The van der Waals surface area contributed by atoms with Gasteiger partial charge in [-0.3, -0.25) is 4.57 Å². The summed E-state index contributed by atoms with van der Waals surface area (Å²) in [5.74, 6) is -0.823. The summed E-state index contributed by atoms with van der Waals surface area (Å²) in [7, 11) is -0.0902. The quantitative estimate of drug-likeness (QED) is 0.218. The molecule has 0 saturated carbocycles. The summed E-state index contributed by atoms with van der Waals surface area (Å²) < 4.78 is 24.7. The standard InChI is InChI=1S/C8H14ClO5P/c1-3-13-8(9,14-4-2)7(10)12-5-6-15-11/h3-6H2,1-2H3. The van der Waals surface area contributed by atoms with Gasteiger partial charge in [0.05, 0.1) is 6.16 Å². The van der Waals surface area contributed by atoms with Crippen LogP contribution in [-0.4, -0.2) is 37.2 Å². The molecule has 0 spiro atoms. The molecular weight excluding hydrogens is 243 g/mol. The highest BCUT2D eigenvalue weighted by Gasteiger charge is 2.40. The third-order valence-corrected chi connectivity index (χ3v) is 2.06. The first-order chi connectivity index (χ1) is 7.10. The molecule has 0 rings (SSSR count). The fourth-order valence-corrected chi connectivity index (χ4v) is 1.23. The Balaban J connectivity index is 4.20. The van der Waals surface area contributed by atoms with Crippen molar-refractivity contribution in [2.45, 2.75) is 19.1 Å². The zero-order valence-corrected chi connectivity index (χ0v) is 10.3. The van der Waals surface area contributed by atoms with Crippen molar-refractivity contribution in [3.63, 3.8) is 0 Å². The van der Waals surface area contributed by atoms with Crippen molar-refractivity contribution in [2.75, 3.05) is 26.0 Å². The Hall–Kier alpha value is -0.220. The van der Waals surface area contributed by atoms with E-state index < -0.39 is 11.2 Å². The van der Waals surface area contributed by atoms with Crippen LogP contribution in [0, 0.1) is 0 Å². The first-order valence-electron chi connectivity index (χ1n) is 4.53. The summed E-state index contributed by atoms with van der Waals surface area (Å²) in [6.45, 7) is 3.81. The SMILES string of the molecule is CCOC(Cl)(OCC)C(=O)OCCP=O. The van der Waals surface area contributed by atoms with Gasteiger partial charge in [0.2, 0.25) is 0 Å². The van der Waals surface area contributed by atoms with Crippen LogP contribution in [0.15, 0.2) is 0 Å². The molecule has 0 unspecified atom stereocenters. The van der Waals surface area contributed by atoms with Gasteiger partial charge in [0.25, 0.3) is 0 Å². The molecule has 0 aliphatic carbocycles. The van der Waals surface area contributed by atoms with Crippen LogP contribution in [0.4, 0.5) is 0 Å². The molecule has 0 bridgehead atoms. The molecule has 0 aromatic carbocycles. The molecule has 0 N–H and O–H groups in total. The van der Waals surface area contributed by atoms with Crippen LogP contribution in [0.25, 0.3) is 0 Å². The Kier molecular flexibility index (Phi) is 7.88. The molecule has 0 amide bonds. The highest BCUT2D eigenvalue weighted by atomic mass is 35.5. The van der Waals surface area contributed by atoms with Crippen LogP contribution in [0.1, 0.15) is 13.8 Å². The molecule has 0 aliphatic rings. The maximum Gasteiger partial charge on any atom is 0.384 e. The summed E-state index contributed by atoms with van der Waals surface area (Å²) in [5, 5.41) is -1.89. The Morgan fingerprint density at radius 1 is 1.33 bits per heavy atom. The molecule has 0 atom stereocenters. The highest BCUT2D eigenvalue weighted by molar-refractivity contribution is 7.23. The molecule has 88 valence electrons. The van der Waals surface area contributed by atoms with Gasteiger partial charge in [-0.25, -0.2) is 4.79 Å². The largest absolute Gasteiger partial charge is 0.460 e. The van der Waals surface area contributed by atoms with Crippen molar-refractivity contribution < 1.29 is 23.6 Å². The van der Waals surface area contributed by atoms with Gasteiger partial charge >= 0.3 is 11.2 Å². The van der Waals surface area contributed by atoms with Gasteiger partial charge < -0.3 is 14.2 Å². The Bertz CT molecular complexity index is 205. The van der Waals surface area contributed by atoms with E-state index in [1.54, 1.807) is 13.8 Å². The number of ether oxygens (including phenoxy) is 3. The lowest BCUT2D eigenvalue weighted by Crippen LogP contribution is -2.40. The van der Waals surface area contributed by atoms with Crippen molar-refractivity contribution >= 4 is 26.0 Å². The van der Waals surface area contributed by atoms with E-state index in [-0.39, 0.29) is 34.4 Å². The van der Waals surface area contributed by atoms with Crippen molar-refractivity contribution in [3.8, 4) is 0 Å². The minimum absolute atomic E-state index is 0.0124. The molecule has 0 aliphatic heterocycles. The van der Waals surface area contributed by atoms with Gasteiger partial charge in [0, 0.05) is 13.2 Å². The molecule has 7 heteroatoms. The van der Waals surface area contributed by atoms with Crippen molar-refractivity contribution in [2.24, 2.45) is 0 Å². The number of carbonyl (C=O) groups is 1. The van der Waals surface area contributed by atoms with E-state index in [1.807, 2.05) is 0 Å². The minimum Gasteiger partial charge on any atom is -0.460 e. The zero-order valence-electron chi connectivity index (χ0n) is 8.69. The molecule has 0 aromatic heterocycles. The minimum atomic E-state index is -1.89. The van der Waals surface area contributed by atoms with Crippen LogP contribution in [0.2, 0.25) is 0 Å². The zero-order chi connectivity index (χ0) is 11.7. The fraction of sp³-hybridized carbons (Fsp3) is 0.875. The lowest BCUT2D eigenvalue weighted by molar-refractivity contribution is -0.209. The summed E-state index contributed by atoms with van der Waals surface area (Å²) in [4.78, 5) is 11.4. The normalized spacial score (nSPS) is 11.7. The van der Waals surface area contributed by atoms with Crippen LogP contribution < -0.4 is 0 Å². The number of alkyl halides is 1. The van der Waals surface area contributed by atoms with E-state index in [2.05, 4.69) is 0 Å². The second-order valence-electron chi connectivity index (χ2n) is 2.39. The first kappa shape index (κ1) is 14.8. The van der Waals surface area contributed by atoms with E-state index in [0.717, 1.165) is 0 Å². The number of halogens is 1. The molecule has 15 heavy (non-hydrogen) atoms. The molecule has 0 aromatic rings. The topological polar surface area (TPSA) is 61.8 Å². The smallest absolute Gasteiger partial charge is 0.384 e. The van der Waals surface area contributed by atoms with E-state index >= 15 is 0 Å². The third-order valence-electron chi connectivity index (χ3n) is 1.32. The average molecular weight is 257 g/mol. The molecular formula is C8H14ClO5P. The van der Waals surface area contributed by atoms with Gasteiger partial charge in [0.1, 0.15) is 6.61 Å². The predicted octanol–water partition coefficient (Wildman–Crippen LogP) is 1.79. The second-order valence-corrected chi connectivity index (χ2v) is 3.59. The van der Waals surface area contributed by atoms with Crippen LogP contribution in [-0.2, 0) is 23.6 Å². The van der Waals surface area contributed by atoms with Crippen molar-refractivity contribution in [3.05, 3.63) is 0 Å². The Morgan fingerprint density at radius 2 is 1.87 bits per heavy atom. The number of hydrogen-bond acceptors (Lipinski definition) is 5. The van der Waals surface area contributed by atoms with E-state index in [0.29, 0.717) is 0 Å². The molecule has 0 saturated heterocycles.